The number of hydrogen-bond acceptors (Lipinski definition) is 5. The number of unbranched alkanes of at least 4 members (excludes halogenated alkanes) is 1. The second-order valence-electron chi connectivity index (χ2n) is 3.65. The number of rotatable bonds is 5. The highest BCUT2D eigenvalue weighted by molar-refractivity contribution is 7.91. The van der Waals surface area contributed by atoms with Gasteiger partial charge in [-0.05, 0) is 18.6 Å². The van der Waals surface area contributed by atoms with Crippen molar-refractivity contribution < 1.29 is 13.3 Å². The van der Waals surface area contributed by atoms with Crippen LogP contribution >= 0.6 is 0 Å². The first kappa shape index (κ1) is 13.4. The SMILES string of the molecule is CCCCS(=O)(=O)c1ccc(N)c([N+](=O)[O-])c1. The molecule has 0 heterocycles. The summed E-state index contributed by atoms with van der Waals surface area (Å²) in [5, 5.41) is 10.6. The van der Waals surface area contributed by atoms with E-state index in [0.717, 1.165) is 12.5 Å². The number of hydrogen-bond donors (Lipinski definition) is 1. The summed E-state index contributed by atoms with van der Waals surface area (Å²) in [4.78, 5) is 9.91. The molecule has 0 aliphatic heterocycles. The van der Waals surface area contributed by atoms with E-state index in [2.05, 4.69) is 0 Å². The van der Waals surface area contributed by atoms with Crippen LogP contribution in [-0.2, 0) is 9.84 Å². The Labute approximate surface area is 99.5 Å². The van der Waals surface area contributed by atoms with Crippen LogP contribution in [0, 0.1) is 10.1 Å². The lowest BCUT2D eigenvalue weighted by atomic mass is 10.3. The summed E-state index contributed by atoms with van der Waals surface area (Å²) in [5.74, 6) is -0.00935. The topological polar surface area (TPSA) is 103 Å². The highest BCUT2D eigenvalue weighted by Gasteiger charge is 2.19. The second-order valence-corrected chi connectivity index (χ2v) is 5.76. The van der Waals surface area contributed by atoms with E-state index in [1.54, 1.807) is 0 Å². The Balaban J connectivity index is 3.16. The van der Waals surface area contributed by atoms with Gasteiger partial charge in [-0.2, -0.15) is 0 Å². The second kappa shape index (κ2) is 5.13. The van der Waals surface area contributed by atoms with Crippen LogP contribution in [0.3, 0.4) is 0 Å². The van der Waals surface area contributed by atoms with Crippen molar-refractivity contribution in [2.75, 3.05) is 11.5 Å². The van der Waals surface area contributed by atoms with Crippen LogP contribution in [0.5, 0.6) is 0 Å². The number of nitrogens with two attached hydrogens (primary N) is 1. The molecule has 0 amide bonds. The fourth-order valence-corrected chi connectivity index (χ4v) is 2.80. The first-order chi connectivity index (χ1) is 7.88. The van der Waals surface area contributed by atoms with Gasteiger partial charge in [0.05, 0.1) is 15.6 Å². The predicted octanol–water partition coefficient (Wildman–Crippen LogP) is 1.75. The van der Waals surface area contributed by atoms with Gasteiger partial charge < -0.3 is 5.73 Å². The molecule has 0 atom stereocenters. The number of sulfone groups is 1. The standard InChI is InChI=1S/C10H14N2O4S/c1-2-3-6-17(15,16)8-4-5-9(11)10(7-8)12(13)14/h4-5,7H,2-3,6,11H2,1H3. The molecule has 0 bridgehead atoms. The summed E-state index contributed by atoms with van der Waals surface area (Å²) in [7, 11) is -3.46. The molecule has 0 aromatic heterocycles. The van der Waals surface area contributed by atoms with Crippen LogP contribution in [0.2, 0.25) is 0 Å². The van der Waals surface area contributed by atoms with E-state index in [0.29, 0.717) is 6.42 Å². The molecule has 94 valence electrons. The van der Waals surface area contributed by atoms with Crippen molar-refractivity contribution >= 4 is 21.2 Å². The predicted molar refractivity (Wildman–Crippen MR) is 64.5 cm³/mol. The molecule has 0 spiro atoms. The molecular formula is C10H14N2O4S. The molecule has 1 rings (SSSR count). The van der Waals surface area contributed by atoms with Gasteiger partial charge in [0.25, 0.3) is 5.69 Å². The van der Waals surface area contributed by atoms with Gasteiger partial charge >= 0.3 is 0 Å². The van der Waals surface area contributed by atoms with Crippen LogP contribution in [0.25, 0.3) is 0 Å². The van der Waals surface area contributed by atoms with E-state index in [9.17, 15) is 18.5 Å². The summed E-state index contributed by atoms with van der Waals surface area (Å²) in [6, 6.07) is 3.56. The smallest absolute Gasteiger partial charge is 0.293 e. The first-order valence-corrected chi connectivity index (χ1v) is 6.80. The van der Waals surface area contributed by atoms with Crippen molar-refractivity contribution in [2.24, 2.45) is 0 Å². The normalized spacial score (nSPS) is 11.4. The Morgan fingerprint density at radius 1 is 1.41 bits per heavy atom. The van der Waals surface area contributed by atoms with Crippen molar-refractivity contribution in [1.82, 2.24) is 0 Å². The van der Waals surface area contributed by atoms with Gasteiger partial charge in [0.2, 0.25) is 0 Å². The summed E-state index contributed by atoms with van der Waals surface area (Å²) in [6.45, 7) is 1.88. The molecule has 0 aliphatic carbocycles. The zero-order chi connectivity index (χ0) is 13.1. The molecule has 0 saturated heterocycles. The van der Waals surface area contributed by atoms with E-state index in [4.69, 9.17) is 5.73 Å². The number of nitrogen functional groups attached to an aromatic ring is 1. The third kappa shape index (κ3) is 3.16. The monoisotopic (exact) mass is 258 g/mol. The van der Waals surface area contributed by atoms with Crippen LogP contribution in [-0.4, -0.2) is 19.1 Å². The van der Waals surface area contributed by atoms with E-state index >= 15 is 0 Å². The van der Waals surface area contributed by atoms with Gasteiger partial charge in [0, 0.05) is 6.07 Å². The zero-order valence-electron chi connectivity index (χ0n) is 9.42. The Morgan fingerprint density at radius 2 is 2.06 bits per heavy atom. The molecule has 0 unspecified atom stereocenters. The molecule has 6 nitrogen and oxygen atoms in total. The Morgan fingerprint density at radius 3 is 2.59 bits per heavy atom. The molecule has 1 aromatic rings. The minimum Gasteiger partial charge on any atom is -0.393 e. The molecule has 2 N–H and O–H groups in total. The van der Waals surface area contributed by atoms with Crippen molar-refractivity contribution in [3.63, 3.8) is 0 Å². The Bertz CT molecular complexity index is 525. The molecule has 7 heteroatoms. The van der Waals surface area contributed by atoms with Gasteiger partial charge in [-0.1, -0.05) is 13.3 Å². The van der Waals surface area contributed by atoms with E-state index in [1.807, 2.05) is 6.92 Å². The Hall–Kier alpha value is -1.63. The van der Waals surface area contributed by atoms with E-state index in [-0.39, 0.29) is 22.0 Å². The average Bonchev–Trinajstić information content (AvgIpc) is 2.26. The third-order valence-corrected chi connectivity index (χ3v) is 4.12. The summed E-state index contributed by atoms with van der Waals surface area (Å²) < 4.78 is 23.6. The van der Waals surface area contributed by atoms with Crippen molar-refractivity contribution in [1.29, 1.82) is 0 Å². The molecular weight excluding hydrogens is 244 g/mol. The highest BCUT2D eigenvalue weighted by atomic mass is 32.2. The molecule has 0 aliphatic rings. The lowest BCUT2D eigenvalue weighted by Gasteiger charge is -2.04. The van der Waals surface area contributed by atoms with Gasteiger partial charge in [0.15, 0.2) is 9.84 Å². The van der Waals surface area contributed by atoms with Crippen molar-refractivity contribution in [3.8, 4) is 0 Å². The van der Waals surface area contributed by atoms with Gasteiger partial charge in [0.1, 0.15) is 5.69 Å². The van der Waals surface area contributed by atoms with Crippen LogP contribution in [0.1, 0.15) is 19.8 Å². The maximum atomic E-state index is 11.8. The lowest BCUT2D eigenvalue weighted by Crippen LogP contribution is -2.07. The Kier molecular flexibility index (Phi) is 4.06. The van der Waals surface area contributed by atoms with Crippen LogP contribution in [0.15, 0.2) is 23.1 Å². The maximum Gasteiger partial charge on any atom is 0.293 e. The fraction of sp³-hybridized carbons (Fsp3) is 0.400. The largest absolute Gasteiger partial charge is 0.393 e. The summed E-state index contributed by atoms with van der Waals surface area (Å²) in [6.07, 6.45) is 1.27. The highest BCUT2D eigenvalue weighted by Crippen LogP contribution is 2.25. The molecule has 0 radical (unpaired) electrons. The first-order valence-electron chi connectivity index (χ1n) is 5.15. The number of nitro benzene ring substituents is 1. The minimum absolute atomic E-state index is 0.00935. The van der Waals surface area contributed by atoms with Crippen LogP contribution in [0.4, 0.5) is 11.4 Å². The third-order valence-electron chi connectivity index (χ3n) is 2.32. The lowest BCUT2D eigenvalue weighted by molar-refractivity contribution is -0.384. The molecule has 17 heavy (non-hydrogen) atoms. The average molecular weight is 258 g/mol. The fourth-order valence-electron chi connectivity index (χ4n) is 1.33. The van der Waals surface area contributed by atoms with Crippen molar-refractivity contribution in [3.05, 3.63) is 28.3 Å². The van der Waals surface area contributed by atoms with Crippen molar-refractivity contribution in [2.45, 2.75) is 24.7 Å². The number of nitrogens with zero attached hydrogens (tertiary/aromatic N) is 1. The van der Waals surface area contributed by atoms with E-state index in [1.165, 1.54) is 12.1 Å². The number of benzene rings is 1. The zero-order valence-corrected chi connectivity index (χ0v) is 10.2. The minimum atomic E-state index is -3.46. The van der Waals surface area contributed by atoms with Gasteiger partial charge in [-0.15, -0.1) is 0 Å². The molecule has 0 fully saturated rings. The number of anilines is 1. The van der Waals surface area contributed by atoms with Gasteiger partial charge in [-0.3, -0.25) is 10.1 Å². The van der Waals surface area contributed by atoms with Gasteiger partial charge in [-0.25, -0.2) is 8.42 Å². The number of nitro groups is 1. The summed E-state index contributed by atoms with van der Waals surface area (Å²) >= 11 is 0. The summed E-state index contributed by atoms with van der Waals surface area (Å²) in [5.41, 5.74) is 4.99. The van der Waals surface area contributed by atoms with E-state index < -0.39 is 14.8 Å². The van der Waals surface area contributed by atoms with Crippen LogP contribution < -0.4 is 5.73 Å². The molecule has 0 saturated carbocycles. The quantitative estimate of drug-likeness (QED) is 0.492. The molecule has 1 aromatic carbocycles. The maximum absolute atomic E-state index is 11.8.